The Morgan fingerprint density at radius 1 is 1.20 bits per heavy atom. The zero-order valence-electron chi connectivity index (χ0n) is 11.7. The van der Waals surface area contributed by atoms with Crippen LogP contribution >= 0.6 is 0 Å². The molecule has 3 fully saturated rings. The Hall–Kier alpha value is -1.13. The van der Waals surface area contributed by atoms with Crippen LogP contribution in [-0.2, 0) is 9.59 Å². The SMILES string of the molecule is O=C(O)C1CC12CCN(C(=O)C1CCCC(F)C1)CC2. The average molecular weight is 283 g/mol. The molecule has 3 aliphatic rings. The summed E-state index contributed by atoms with van der Waals surface area (Å²) >= 11 is 0. The van der Waals surface area contributed by atoms with Crippen LogP contribution in [0.3, 0.4) is 0 Å². The molecule has 1 amide bonds. The lowest BCUT2D eigenvalue weighted by atomic mass is 9.85. The first-order valence-corrected chi connectivity index (χ1v) is 7.67. The van der Waals surface area contributed by atoms with E-state index in [2.05, 4.69) is 0 Å². The number of carbonyl (C=O) groups excluding carboxylic acids is 1. The van der Waals surface area contributed by atoms with Crippen molar-refractivity contribution in [2.75, 3.05) is 13.1 Å². The summed E-state index contributed by atoms with van der Waals surface area (Å²) in [5.74, 6) is -0.959. The van der Waals surface area contributed by atoms with Gasteiger partial charge >= 0.3 is 5.97 Å². The lowest BCUT2D eigenvalue weighted by Crippen LogP contribution is -2.44. The van der Waals surface area contributed by atoms with Crippen LogP contribution in [0.25, 0.3) is 0 Å². The molecule has 2 aliphatic carbocycles. The number of amides is 1. The summed E-state index contributed by atoms with van der Waals surface area (Å²) in [5.41, 5.74) is -0.0438. The van der Waals surface area contributed by atoms with Crippen molar-refractivity contribution in [3.63, 3.8) is 0 Å². The van der Waals surface area contributed by atoms with E-state index in [0.717, 1.165) is 32.1 Å². The van der Waals surface area contributed by atoms with Crippen LogP contribution in [0.1, 0.15) is 44.9 Å². The number of nitrogens with zero attached hydrogens (tertiary/aromatic N) is 1. The Labute approximate surface area is 118 Å². The lowest BCUT2D eigenvalue weighted by Gasteiger charge is -2.36. The van der Waals surface area contributed by atoms with Gasteiger partial charge in [0, 0.05) is 19.0 Å². The van der Waals surface area contributed by atoms with Gasteiger partial charge in [0.2, 0.25) is 5.91 Å². The van der Waals surface area contributed by atoms with Crippen molar-refractivity contribution in [2.45, 2.75) is 51.1 Å². The number of aliphatic carboxylic acids is 1. The van der Waals surface area contributed by atoms with Crippen molar-refractivity contribution in [3.8, 4) is 0 Å². The standard InChI is InChI=1S/C15H22FNO3/c16-11-3-1-2-10(8-11)13(18)17-6-4-15(5-7-17)9-12(15)14(19)20/h10-12H,1-9H2,(H,19,20). The van der Waals surface area contributed by atoms with Gasteiger partial charge in [-0.1, -0.05) is 0 Å². The normalized spacial score (nSPS) is 35.9. The first-order valence-electron chi connectivity index (χ1n) is 7.67. The quantitative estimate of drug-likeness (QED) is 0.845. The van der Waals surface area contributed by atoms with Crippen LogP contribution in [-0.4, -0.2) is 41.1 Å². The Kier molecular flexibility index (Phi) is 3.46. The van der Waals surface area contributed by atoms with Gasteiger partial charge in [-0.3, -0.25) is 9.59 Å². The van der Waals surface area contributed by atoms with Gasteiger partial charge in [0.25, 0.3) is 0 Å². The summed E-state index contributed by atoms with van der Waals surface area (Å²) in [6.45, 7) is 1.30. The molecule has 0 bridgehead atoms. The van der Waals surface area contributed by atoms with Gasteiger partial charge in [0.1, 0.15) is 6.17 Å². The van der Waals surface area contributed by atoms with E-state index in [1.165, 1.54) is 0 Å². The van der Waals surface area contributed by atoms with Crippen molar-refractivity contribution in [3.05, 3.63) is 0 Å². The number of carboxylic acid groups (broad SMARTS) is 1. The third kappa shape index (κ3) is 2.42. The van der Waals surface area contributed by atoms with E-state index in [9.17, 15) is 14.0 Å². The predicted octanol–water partition coefficient (Wildman–Crippen LogP) is 2.23. The fourth-order valence-corrected chi connectivity index (χ4v) is 4.03. The highest BCUT2D eigenvalue weighted by atomic mass is 19.1. The topological polar surface area (TPSA) is 57.6 Å². The van der Waals surface area contributed by atoms with Gasteiger partial charge in [0.15, 0.2) is 0 Å². The van der Waals surface area contributed by atoms with Crippen molar-refractivity contribution in [2.24, 2.45) is 17.3 Å². The second-order valence-electron chi connectivity index (χ2n) is 6.74. The summed E-state index contributed by atoms with van der Waals surface area (Å²) in [7, 11) is 0. The highest BCUT2D eigenvalue weighted by Crippen LogP contribution is 2.59. The van der Waals surface area contributed by atoms with Crippen LogP contribution in [0, 0.1) is 17.3 Å². The first kappa shape index (κ1) is 13.8. The number of alkyl halides is 1. The second-order valence-corrected chi connectivity index (χ2v) is 6.74. The van der Waals surface area contributed by atoms with Gasteiger partial charge in [-0.2, -0.15) is 0 Å². The smallest absolute Gasteiger partial charge is 0.307 e. The molecule has 2 saturated carbocycles. The number of carbonyl (C=O) groups is 2. The summed E-state index contributed by atoms with van der Waals surface area (Å²) in [6.07, 6.45) is 4.10. The van der Waals surface area contributed by atoms with E-state index in [1.807, 2.05) is 4.90 Å². The van der Waals surface area contributed by atoms with E-state index in [-0.39, 0.29) is 23.2 Å². The molecule has 0 aromatic carbocycles. The molecule has 3 atom stereocenters. The van der Waals surface area contributed by atoms with Crippen LogP contribution in [0.5, 0.6) is 0 Å². The molecule has 112 valence electrons. The lowest BCUT2D eigenvalue weighted by molar-refractivity contribution is -0.140. The number of halogens is 1. The van der Waals surface area contributed by atoms with Gasteiger partial charge in [-0.15, -0.1) is 0 Å². The number of likely N-dealkylation sites (tertiary alicyclic amines) is 1. The van der Waals surface area contributed by atoms with E-state index >= 15 is 0 Å². The predicted molar refractivity (Wildman–Crippen MR) is 70.8 cm³/mol. The molecule has 3 unspecified atom stereocenters. The molecule has 0 aromatic heterocycles. The van der Waals surface area contributed by atoms with Crippen LogP contribution in [0.4, 0.5) is 4.39 Å². The first-order chi connectivity index (χ1) is 9.52. The van der Waals surface area contributed by atoms with Gasteiger partial charge in [-0.25, -0.2) is 4.39 Å². The molecule has 1 aliphatic heterocycles. The second kappa shape index (κ2) is 5.01. The number of rotatable bonds is 2. The summed E-state index contributed by atoms with van der Waals surface area (Å²) in [5, 5.41) is 9.06. The third-order valence-electron chi connectivity index (χ3n) is 5.52. The van der Waals surface area contributed by atoms with E-state index in [1.54, 1.807) is 0 Å². The fourth-order valence-electron chi connectivity index (χ4n) is 4.03. The minimum atomic E-state index is -0.825. The van der Waals surface area contributed by atoms with Crippen molar-refractivity contribution in [1.29, 1.82) is 0 Å². The number of carboxylic acids is 1. The molecule has 3 rings (SSSR count). The Morgan fingerprint density at radius 3 is 2.45 bits per heavy atom. The number of piperidine rings is 1. The highest BCUT2D eigenvalue weighted by Gasteiger charge is 2.59. The fraction of sp³-hybridized carbons (Fsp3) is 0.867. The van der Waals surface area contributed by atoms with Gasteiger partial charge in [0.05, 0.1) is 5.92 Å². The summed E-state index contributed by atoms with van der Waals surface area (Å²) < 4.78 is 13.4. The Morgan fingerprint density at radius 2 is 1.90 bits per heavy atom. The molecule has 1 heterocycles. The average Bonchev–Trinajstić information content (AvgIpc) is 3.13. The van der Waals surface area contributed by atoms with Gasteiger partial charge < -0.3 is 10.0 Å². The van der Waals surface area contributed by atoms with Gasteiger partial charge in [-0.05, 0) is 50.4 Å². The molecule has 1 spiro atoms. The number of hydrogen-bond acceptors (Lipinski definition) is 2. The monoisotopic (exact) mass is 283 g/mol. The molecule has 5 heteroatoms. The van der Waals surface area contributed by atoms with Crippen LogP contribution < -0.4 is 0 Å². The molecule has 1 saturated heterocycles. The largest absolute Gasteiger partial charge is 0.481 e. The van der Waals surface area contributed by atoms with Crippen molar-refractivity contribution < 1.29 is 19.1 Å². The van der Waals surface area contributed by atoms with Crippen LogP contribution in [0.2, 0.25) is 0 Å². The van der Waals surface area contributed by atoms with E-state index in [4.69, 9.17) is 5.11 Å². The van der Waals surface area contributed by atoms with Crippen molar-refractivity contribution >= 4 is 11.9 Å². The Bertz CT molecular complexity index is 417. The maximum Gasteiger partial charge on any atom is 0.307 e. The van der Waals surface area contributed by atoms with Crippen molar-refractivity contribution in [1.82, 2.24) is 4.90 Å². The molecule has 4 nitrogen and oxygen atoms in total. The summed E-state index contributed by atoms with van der Waals surface area (Å²) in [4.78, 5) is 25.2. The number of hydrogen-bond donors (Lipinski definition) is 1. The van der Waals surface area contributed by atoms with Crippen LogP contribution in [0.15, 0.2) is 0 Å². The van der Waals surface area contributed by atoms with E-state index in [0.29, 0.717) is 25.9 Å². The zero-order valence-corrected chi connectivity index (χ0v) is 11.7. The minimum absolute atomic E-state index is 0.0438. The maximum atomic E-state index is 13.4. The van der Waals surface area contributed by atoms with E-state index < -0.39 is 12.1 Å². The third-order valence-corrected chi connectivity index (χ3v) is 5.52. The maximum absolute atomic E-state index is 13.4. The summed E-state index contributed by atoms with van der Waals surface area (Å²) in [6, 6.07) is 0. The Balaban J connectivity index is 1.53. The molecule has 0 aromatic rings. The minimum Gasteiger partial charge on any atom is -0.481 e. The highest BCUT2D eigenvalue weighted by molar-refractivity contribution is 5.79. The molecule has 1 N–H and O–H groups in total. The molecular weight excluding hydrogens is 261 g/mol. The molecular formula is C15H22FNO3. The molecule has 0 radical (unpaired) electrons. The zero-order chi connectivity index (χ0) is 14.3. The molecule has 20 heavy (non-hydrogen) atoms.